The van der Waals surface area contributed by atoms with Crippen LogP contribution in [0.15, 0.2) is 77.8 Å². The van der Waals surface area contributed by atoms with Crippen molar-refractivity contribution in [3.8, 4) is 5.75 Å². The molecule has 0 aliphatic rings. The zero-order valence-electron chi connectivity index (χ0n) is 16.7. The van der Waals surface area contributed by atoms with Crippen molar-refractivity contribution in [3.05, 3.63) is 90.2 Å². The van der Waals surface area contributed by atoms with Gasteiger partial charge < -0.3 is 14.6 Å². The number of rotatable bonds is 9. The van der Waals surface area contributed by atoms with Gasteiger partial charge in [-0.3, -0.25) is 9.69 Å². The molecule has 0 radical (unpaired) electrons. The molecule has 2 aromatic carbocycles. The smallest absolute Gasteiger partial charge is 0.247 e. The van der Waals surface area contributed by atoms with Crippen molar-refractivity contribution in [2.75, 3.05) is 19.0 Å². The summed E-state index contributed by atoms with van der Waals surface area (Å²) in [5, 5.41) is 6.71. The van der Waals surface area contributed by atoms with E-state index in [0.29, 0.717) is 24.7 Å². The number of carbonyl (C=O) groups excluding carboxylic acids is 1. The van der Waals surface area contributed by atoms with Crippen LogP contribution in [0.2, 0.25) is 0 Å². The van der Waals surface area contributed by atoms with Gasteiger partial charge in [0.2, 0.25) is 5.91 Å². The van der Waals surface area contributed by atoms with Gasteiger partial charge in [-0.2, -0.15) is 0 Å². The van der Waals surface area contributed by atoms with E-state index in [2.05, 4.69) is 17.1 Å². The number of nitrogens with one attached hydrogen (secondary N) is 1. The fourth-order valence-corrected chi connectivity index (χ4v) is 3.09. The molecule has 3 aromatic rings. The molecule has 1 N–H and O–H groups in total. The van der Waals surface area contributed by atoms with E-state index in [9.17, 15) is 4.79 Å². The molecule has 1 atom stereocenters. The van der Waals surface area contributed by atoms with Crippen molar-refractivity contribution in [1.29, 1.82) is 0 Å². The van der Waals surface area contributed by atoms with Crippen LogP contribution in [0.5, 0.6) is 5.75 Å². The highest BCUT2D eigenvalue weighted by Crippen LogP contribution is 2.24. The first-order valence-electron chi connectivity index (χ1n) is 9.39. The highest BCUT2D eigenvalue weighted by atomic mass is 16.5. The molecule has 0 aliphatic carbocycles. The number of amides is 1. The maximum atomic E-state index is 13.1. The van der Waals surface area contributed by atoms with Gasteiger partial charge in [0.05, 0.1) is 0 Å². The number of nitrogens with zero attached hydrogens (tertiary/aromatic N) is 2. The largest absolute Gasteiger partial charge is 0.490 e. The molecule has 0 bridgehead atoms. The fourth-order valence-electron chi connectivity index (χ4n) is 3.09. The number of hydrogen-bond acceptors (Lipinski definition) is 5. The lowest BCUT2D eigenvalue weighted by Crippen LogP contribution is -2.34. The van der Waals surface area contributed by atoms with Gasteiger partial charge >= 0.3 is 0 Å². The van der Waals surface area contributed by atoms with Crippen molar-refractivity contribution >= 4 is 11.7 Å². The summed E-state index contributed by atoms with van der Waals surface area (Å²) >= 11 is 0. The molecule has 29 heavy (non-hydrogen) atoms. The van der Waals surface area contributed by atoms with Gasteiger partial charge in [-0.1, -0.05) is 60.3 Å². The van der Waals surface area contributed by atoms with E-state index in [1.165, 1.54) is 0 Å². The SMILES string of the molecule is C=CCOc1ccc(CN(C)[C@@H](C(=O)Nc2cc(C)on2)c2ccccc2)cc1. The summed E-state index contributed by atoms with van der Waals surface area (Å²) in [4.78, 5) is 15.1. The van der Waals surface area contributed by atoms with E-state index in [-0.39, 0.29) is 5.91 Å². The molecule has 0 fully saturated rings. The number of hydrogen-bond donors (Lipinski definition) is 1. The first-order chi connectivity index (χ1) is 14.1. The summed E-state index contributed by atoms with van der Waals surface area (Å²) in [5.41, 5.74) is 1.98. The minimum Gasteiger partial charge on any atom is -0.490 e. The van der Waals surface area contributed by atoms with Gasteiger partial charge in [-0.05, 0) is 37.2 Å². The lowest BCUT2D eigenvalue weighted by Gasteiger charge is -2.27. The van der Waals surface area contributed by atoms with Crippen LogP contribution in [0.25, 0.3) is 0 Å². The molecular weight excluding hydrogens is 366 g/mol. The maximum absolute atomic E-state index is 13.1. The van der Waals surface area contributed by atoms with E-state index in [4.69, 9.17) is 9.26 Å². The van der Waals surface area contributed by atoms with Crippen LogP contribution in [0.3, 0.4) is 0 Å². The van der Waals surface area contributed by atoms with Crippen molar-refractivity contribution in [1.82, 2.24) is 10.1 Å². The number of aromatic nitrogens is 1. The monoisotopic (exact) mass is 391 g/mol. The Morgan fingerprint density at radius 3 is 2.59 bits per heavy atom. The lowest BCUT2D eigenvalue weighted by atomic mass is 10.0. The molecular formula is C23H25N3O3. The number of benzene rings is 2. The molecule has 0 aliphatic heterocycles. The maximum Gasteiger partial charge on any atom is 0.247 e. The first-order valence-corrected chi connectivity index (χ1v) is 9.39. The normalized spacial score (nSPS) is 11.8. The Bertz CT molecular complexity index is 936. The topological polar surface area (TPSA) is 67.6 Å². The predicted octanol–water partition coefficient (Wildman–Crippen LogP) is 4.36. The molecule has 0 saturated carbocycles. The van der Waals surface area contributed by atoms with Crippen LogP contribution < -0.4 is 10.1 Å². The number of ether oxygens (including phenoxy) is 1. The van der Waals surface area contributed by atoms with Crippen LogP contribution in [-0.2, 0) is 11.3 Å². The quantitative estimate of drug-likeness (QED) is 0.549. The van der Waals surface area contributed by atoms with Gasteiger partial charge in [0.1, 0.15) is 24.2 Å². The lowest BCUT2D eigenvalue weighted by molar-refractivity contribution is -0.121. The molecule has 1 heterocycles. The number of aryl methyl sites for hydroxylation is 1. The Balaban J connectivity index is 1.76. The minimum absolute atomic E-state index is 0.169. The summed E-state index contributed by atoms with van der Waals surface area (Å²) in [5.74, 6) is 1.67. The predicted molar refractivity (Wildman–Crippen MR) is 113 cm³/mol. The molecule has 0 unspecified atom stereocenters. The van der Waals surface area contributed by atoms with Crippen molar-refractivity contribution < 1.29 is 14.1 Å². The van der Waals surface area contributed by atoms with Crippen molar-refractivity contribution in [3.63, 3.8) is 0 Å². The summed E-state index contributed by atoms with van der Waals surface area (Å²) in [6.07, 6.45) is 1.71. The average molecular weight is 391 g/mol. The third kappa shape index (κ3) is 5.56. The van der Waals surface area contributed by atoms with Gasteiger partial charge in [0.25, 0.3) is 0 Å². The molecule has 3 rings (SSSR count). The number of likely N-dealkylation sites (N-methyl/N-ethyl adjacent to an activating group) is 1. The molecule has 1 aromatic heterocycles. The third-order valence-electron chi connectivity index (χ3n) is 4.41. The van der Waals surface area contributed by atoms with Crippen molar-refractivity contribution in [2.45, 2.75) is 19.5 Å². The van der Waals surface area contributed by atoms with Crippen LogP contribution in [0.1, 0.15) is 22.9 Å². The summed E-state index contributed by atoms with van der Waals surface area (Å²) < 4.78 is 10.6. The van der Waals surface area contributed by atoms with Gasteiger partial charge in [-0.15, -0.1) is 0 Å². The molecule has 6 heteroatoms. The Hall–Kier alpha value is -3.38. The van der Waals surface area contributed by atoms with E-state index >= 15 is 0 Å². The zero-order valence-corrected chi connectivity index (χ0v) is 16.7. The van der Waals surface area contributed by atoms with Crippen molar-refractivity contribution in [2.24, 2.45) is 0 Å². The van der Waals surface area contributed by atoms with Crippen LogP contribution >= 0.6 is 0 Å². The van der Waals surface area contributed by atoms with E-state index < -0.39 is 6.04 Å². The second kappa shape index (κ2) is 9.71. The zero-order chi connectivity index (χ0) is 20.6. The highest BCUT2D eigenvalue weighted by molar-refractivity contribution is 5.94. The Morgan fingerprint density at radius 1 is 1.24 bits per heavy atom. The first kappa shape index (κ1) is 20.4. The Morgan fingerprint density at radius 2 is 1.97 bits per heavy atom. The van der Waals surface area contributed by atoms with Crippen LogP contribution in [0.4, 0.5) is 5.82 Å². The van der Waals surface area contributed by atoms with Crippen LogP contribution in [0, 0.1) is 6.92 Å². The van der Waals surface area contributed by atoms with Gasteiger partial charge in [-0.25, -0.2) is 0 Å². The molecule has 150 valence electrons. The fraction of sp³-hybridized carbons (Fsp3) is 0.217. The summed E-state index contributed by atoms with van der Waals surface area (Å²) in [6, 6.07) is 18.7. The molecule has 0 spiro atoms. The number of anilines is 1. The van der Waals surface area contributed by atoms with Crippen LogP contribution in [-0.4, -0.2) is 29.6 Å². The summed E-state index contributed by atoms with van der Waals surface area (Å²) in [6.45, 7) is 6.49. The minimum atomic E-state index is -0.482. The summed E-state index contributed by atoms with van der Waals surface area (Å²) in [7, 11) is 1.92. The second-order valence-electron chi connectivity index (χ2n) is 6.78. The highest BCUT2D eigenvalue weighted by Gasteiger charge is 2.26. The van der Waals surface area contributed by atoms with E-state index in [1.807, 2.05) is 66.5 Å². The Kier molecular flexibility index (Phi) is 6.81. The molecule has 1 amide bonds. The molecule has 6 nitrogen and oxygen atoms in total. The molecule has 0 saturated heterocycles. The third-order valence-corrected chi connectivity index (χ3v) is 4.41. The average Bonchev–Trinajstić information content (AvgIpc) is 3.13. The number of carbonyl (C=O) groups is 1. The van der Waals surface area contributed by atoms with Gasteiger partial charge in [0, 0.05) is 12.6 Å². The van der Waals surface area contributed by atoms with E-state index in [1.54, 1.807) is 19.1 Å². The van der Waals surface area contributed by atoms with Gasteiger partial charge in [0.15, 0.2) is 5.82 Å². The second-order valence-corrected chi connectivity index (χ2v) is 6.78. The Labute approximate surface area is 170 Å². The van der Waals surface area contributed by atoms with E-state index in [0.717, 1.165) is 16.9 Å². The standard InChI is InChI=1S/C23H25N3O3/c1-4-14-28-20-12-10-18(11-13-20)16-26(3)22(19-8-6-5-7-9-19)23(27)24-21-15-17(2)29-25-21/h4-13,15,22H,1,14,16H2,2-3H3,(H,24,25,27)/t22-/m1/s1.